The van der Waals surface area contributed by atoms with Crippen LogP contribution in [0.25, 0.3) is 11.4 Å². The first-order valence-electron chi connectivity index (χ1n) is 16.3. The van der Waals surface area contributed by atoms with E-state index in [9.17, 15) is 14.7 Å². The van der Waals surface area contributed by atoms with Gasteiger partial charge in [0.1, 0.15) is 28.9 Å². The van der Waals surface area contributed by atoms with Crippen LogP contribution >= 0.6 is 11.6 Å². The van der Waals surface area contributed by atoms with E-state index in [2.05, 4.69) is 43.7 Å². The number of carbonyl (C=O) groups is 2. The second-order valence-electron chi connectivity index (χ2n) is 15.6. The molecule has 1 N–H and O–H groups in total. The highest BCUT2D eigenvalue weighted by Crippen LogP contribution is 2.44. The number of piperidine rings is 1. The molecule has 1 aromatic heterocycles. The van der Waals surface area contributed by atoms with Gasteiger partial charge in [-0.15, -0.1) is 0 Å². The number of hydrogen-bond donors (Lipinski definition) is 1. The summed E-state index contributed by atoms with van der Waals surface area (Å²) in [4.78, 5) is 38.9. The highest BCUT2D eigenvalue weighted by molar-refractivity contribution is 6.74. The van der Waals surface area contributed by atoms with Gasteiger partial charge in [-0.05, 0) is 70.8 Å². The van der Waals surface area contributed by atoms with Crippen LogP contribution in [-0.4, -0.2) is 103 Å². The Bertz CT molecular complexity index is 1440. The number of anilines is 1. The number of halogens is 1. The van der Waals surface area contributed by atoms with E-state index in [0.29, 0.717) is 36.4 Å². The highest BCUT2D eigenvalue weighted by Gasteiger charge is 2.46. The minimum Gasteiger partial charge on any atom is -0.491 e. The van der Waals surface area contributed by atoms with Gasteiger partial charge >= 0.3 is 12.2 Å². The third-order valence-corrected chi connectivity index (χ3v) is 14.4. The lowest BCUT2D eigenvalue weighted by molar-refractivity contribution is 0.0172. The first-order chi connectivity index (χ1) is 21.7. The summed E-state index contributed by atoms with van der Waals surface area (Å²) in [6.45, 7) is 21.7. The van der Waals surface area contributed by atoms with Crippen LogP contribution < -0.4 is 9.64 Å². The van der Waals surface area contributed by atoms with Gasteiger partial charge in [0.15, 0.2) is 14.1 Å². The van der Waals surface area contributed by atoms with E-state index >= 15 is 0 Å². The fraction of sp³-hybridized carbons (Fsp3) is 0.647. The Kier molecular flexibility index (Phi) is 10.8. The summed E-state index contributed by atoms with van der Waals surface area (Å²) in [7, 11) is -0.481. The van der Waals surface area contributed by atoms with Crippen molar-refractivity contribution in [3.8, 4) is 17.1 Å². The van der Waals surface area contributed by atoms with Crippen molar-refractivity contribution in [1.82, 2.24) is 19.8 Å². The summed E-state index contributed by atoms with van der Waals surface area (Å²) < 4.78 is 18.6. The molecule has 4 rings (SSSR count). The molecule has 1 spiro atoms. The quantitative estimate of drug-likeness (QED) is 0.213. The van der Waals surface area contributed by atoms with Crippen molar-refractivity contribution < 1.29 is 28.6 Å². The molecule has 11 nitrogen and oxygen atoms in total. The number of likely N-dealkylation sites (tertiary alicyclic amines) is 1. The Morgan fingerprint density at radius 2 is 1.74 bits per heavy atom. The average Bonchev–Trinajstić information content (AvgIpc) is 2.94. The number of likely N-dealkylation sites (N-methyl/N-ethyl adjacent to an activating group) is 1. The van der Waals surface area contributed by atoms with Crippen molar-refractivity contribution >= 4 is 37.9 Å². The first-order valence-corrected chi connectivity index (χ1v) is 19.6. The first kappa shape index (κ1) is 36.7. The lowest BCUT2D eigenvalue weighted by atomic mass is 9.72. The zero-order valence-electron chi connectivity index (χ0n) is 29.6. The molecule has 2 saturated heterocycles. The van der Waals surface area contributed by atoms with Crippen molar-refractivity contribution in [2.45, 2.75) is 91.1 Å². The van der Waals surface area contributed by atoms with Gasteiger partial charge in [0.25, 0.3) is 0 Å². The molecule has 3 heterocycles. The second-order valence-corrected chi connectivity index (χ2v) is 20.7. The number of nitrogens with zero attached hydrogens (tertiary/aromatic N) is 5. The lowest BCUT2D eigenvalue weighted by Gasteiger charge is -2.54. The smallest absolute Gasteiger partial charge is 0.410 e. The SMILES string of the molecule is Cc1c(Cl)nc(-c2cccc(OC[C@@H](CN(C)C(=O)OC(C)(C)C)O[Si](C)(C)C(C)(C)C)c2)nc1N1CC2(CCN(C(=O)O)CC2)C1. The molecule has 2 amide bonds. The lowest BCUT2D eigenvalue weighted by Crippen LogP contribution is -2.61. The van der Waals surface area contributed by atoms with Crippen molar-refractivity contribution in [2.24, 2.45) is 5.41 Å². The van der Waals surface area contributed by atoms with Crippen LogP contribution in [0.5, 0.6) is 5.75 Å². The summed E-state index contributed by atoms with van der Waals surface area (Å²) in [5.41, 5.74) is 1.09. The van der Waals surface area contributed by atoms with E-state index in [1.807, 2.05) is 52.0 Å². The Balaban J connectivity index is 1.48. The summed E-state index contributed by atoms with van der Waals surface area (Å²) in [5, 5.41) is 9.70. The molecule has 2 aliphatic heterocycles. The van der Waals surface area contributed by atoms with Crippen molar-refractivity contribution in [1.29, 1.82) is 0 Å². The minimum absolute atomic E-state index is 0.0265. The summed E-state index contributed by atoms with van der Waals surface area (Å²) in [6, 6.07) is 7.60. The van der Waals surface area contributed by atoms with Gasteiger partial charge in [0.2, 0.25) is 0 Å². The van der Waals surface area contributed by atoms with Gasteiger partial charge < -0.3 is 33.7 Å². The fourth-order valence-corrected chi connectivity index (χ4v) is 7.16. The number of rotatable bonds is 9. The third kappa shape index (κ3) is 9.08. The Hall–Kier alpha value is -3.09. The number of aromatic nitrogens is 2. The fourth-order valence-electron chi connectivity index (χ4n) is 5.67. The van der Waals surface area contributed by atoms with Crippen molar-refractivity contribution in [3.05, 3.63) is 35.0 Å². The monoisotopic (exact) mass is 689 g/mol. The largest absolute Gasteiger partial charge is 0.491 e. The third-order valence-electron chi connectivity index (χ3n) is 9.49. The molecule has 0 bridgehead atoms. The molecule has 47 heavy (non-hydrogen) atoms. The summed E-state index contributed by atoms with van der Waals surface area (Å²) in [5.74, 6) is 1.92. The van der Waals surface area contributed by atoms with Crippen molar-refractivity contribution in [3.63, 3.8) is 0 Å². The number of carboxylic acid groups (broad SMARTS) is 1. The predicted molar refractivity (Wildman–Crippen MR) is 187 cm³/mol. The summed E-state index contributed by atoms with van der Waals surface area (Å²) >= 11 is 6.64. The van der Waals surface area contributed by atoms with E-state index in [1.165, 1.54) is 4.90 Å². The number of ether oxygens (including phenoxy) is 2. The van der Waals surface area contributed by atoms with E-state index in [-0.39, 0.29) is 23.2 Å². The van der Waals surface area contributed by atoms with Gasteiger partial charge in [0.05, 0.1) is 12.6 Å². The molecule has 0 unspecified atom stereocenters. The molecule has 2 aromatic rings. The number of benzene rings is 1. The molecule has 0 saturated carbocycles. The van der Waals surface area contributed by atoms with Gasteiger partial charge in [-0.25, -0.2) is 19.6 Å². The standard InChI is InChI=1S/C34H52ClN5O6Si/c1-23-27(35)36-28(37-29(23)40-21-34(22-40)14-16-39(17-15-34)30(41)42)24-12-11-13-25(18-24)44-20-26(46-47(9,10)33(5,6)7)19-38(8)31(43)45-32(2,3)4/h11-13,18,26H,14-17,19-22H2,1-10H3,(H,41,42)/t26-/m1/s1. The maximum Gasteiger partial charge on any atom is 0.410 e. The van der Waals surface area contributed by atoms with Gasteiger partial charge in [-0.2, -0.15) is 0 Å². The number of hydrogen-bond acceptors (Lipinski definition) is 8. The topological polar surface area (TPSA) is 118 Å². The van der Waals surface area contributed by atoms with Crippen molar-refractivity contribution in [2.75, 3.05) is 51.3 Å². The summed E-state index contributed by atoms with van der Waals surface area (Å²) in [6.07, 6.45) is 0.0413. The van der Waals surface area contributed by atoms with Crippen LogP contribution in [0.4, 0.5) is 15.4 Å². The van der Waals surface area contributed by atoms with E-state index < -0.39 is 26.1 Å². The predicted octanol–water partition coefficient (Wildman–Crippen LogP) is 7.32. The average molecular weight is 690 g/mol. The maximum atomic E-state index is 12.8. The highest BCUT2D eigenvalue weighted by atomic mass is 35.5. The van der Waals surface area contributed by atoms with Crippen LogP contribution in [0.2, 0.25) is 23.3 Å². The maximum absolute atomic E-state index is 12.8. The normalized spacial score (nSPS) is 17.3. The van der Waals surface area contributed by atoms with Crippen LogP contribution in [0.3, 0.4) is 0 Å². The molecule has 1 atom stereocenters. The molecular weight excluding hydrogens is 638 g/mol. The molecular formula is C34H52ClN5O6Si. The zero-order chi connectivity index (χ0) is 34.9. The second kappa shape index (κ2) is 13.8. The Labute approximate surface area is 285 Å². The Morgan fingerprint density at radius 1 is 1.11 bits per heavy atom. The molecule has 2 aliphatic rings. The van der Waals surface area contributed by atoms with Gasteiger partial charge in [0, 0.05) is 49.8 Å². The number of carbonyl (C=O) groups excluding carboxylic acids is 1. The molecule has 13 heteroatoms. The van der Waals surface area contributed by atoms with Crippen LogP contribution in [0.1, 0.15) is 59.9 Å². The van der Waals surface area contributed by atoms with Gasteiger partial charge in [-0.1, -0.05) is 44.5 Å². The molecule has 0 radical (unpaired) electrons. The minimum atomic E-state index is -2.20. The molecule has 2 fully saturated rings. The molecule has 0 aliphatic carbocycles. The molecule has 1 aromatic carbocycles. The van der Waals surface area contributed by atoms with Crippen LogP contribution in [0, 0.1) is 12.3 Å². The van der Waals surface area contributed by atoms with Gasteiger partial charge in [-0.3, -0.25) is 0 Å². The zero-order valence-corrected chi connectivity index (χ0v) is 31.4. The van der Waals surface area contributed by atoms with E-state index in [4.69, 9.17) is 30.5 Å². The molecule has 260 valence electrons. The van der Waals surface area contributed by atoms with Crippen LogP contribution in [0.15, 0.2) is 24.3 Å². The Morgan fingerprint density at radius 3 is 2.32 bits per heavy atom. The number of amides is 2. The van der Waals surface area contributed by atoms with E-state index in [0.717, 1.165) is 42.9 Å². The van der Waals surface area contributed by atoms with E-state index in [1.54, 1.807) is 11.9 Å². The van der Waals surface area contributed by atoms with Crippen LogP contribution in [-0.2, 0) is 9.16 Å².